The highest BCUT2D eigenvalue weighted by Gasteiger charge is 2.45. The number of hydrogen-bond donors (Lipinski definition) is 2. The second-order valence-corrected chi connectivity index (χ2v) is 5.52. The lowest BCUT2D eigenvalue weighted by atomic mass is 10.1. The number of nitrogens with two attached hydrogens (primary N) is 1. The third-order valence-corrected chi connectivity index (χ3v) is 3.68. The fourth-order valence-electron chi connectivity index (χ4n) is 2.07. The monoisotopic (exact) mass is 232 g/mol. The molecule has 1 aromatic rings. The van der Waals surface area contributed by atoms with Crippen molar-refractivity contribution in [2.75, 3.05) is 6.54 Å². The molecule has 0 aromatic heterocycles. The molecule has 1 aromatic carbocycles. The van der Waals surface area contributed by atoms with Gasteiger partial charge in [0.1, 0.15) is 6.04 Å². The summed E-state index contributed by atoms with van der Waals surface area (Å²) < 4.78 is 0. The molecule has 0 bridgehead atoms. The fraction of sp³-hybridized carbons (Fsp3) is 0.500. The van der Waals surface area contributed by atoms with Crippen LogP contribution in [-0.4, -0.2) is 12.5 Å². The van der Waals surface area contributed by atoms with Gasteiger partial charge in [0.15, 0.2) is 0 Å². The minimum atomic E-state index is -0.557. The first-order chi connectivity index (χ1) is 8.00. The first kappa shape index (κ1) is 12.1. The van der Waals surface area contributed by atoms with Crippen LogP contribution in [0.4, 0.5) is 0 Å². The predicted molar refractivity (Wildman–Crippen MR) is 68.3 cm³/mol. The molecule has 0 heterocycles. The molecule has 0 saturated heterocycles. The van der Waals surface area contributed by atoms with Crippen LogP contribution in [0.3, 0.4) is 0 Å². The molecule has 1 fully saturated rings. The maximum atomic E-state index is 11.9. The third kappa shape index (κ3) is 2.86. The summed E-state index contributed by atoms with van der Waals surface area (Å²) >= 11 is 0. The highest BCUT2D eigenvalue weighted by molar-refractivity contribution is 5.82. The van der Waals surface area contributed by atoms with Crippen molar-refractivity contribution < 1.29 is 4.79 Å². The summed E-state index contributed by atoms with van der Waals surface area (Å²) in [5.41, 5.74) is 7.15. The Bertz CT molecular complexity index is 400. The molecule has 1 aliphatic rings. The van der Waals surface area contributed by atoms with Crippen LogP contribution in [0, 0.1) is 11.3 Å². The zero-order valence-electron chi connectivity index (χ0n) is 10.4. The summed E-state index contributed by atoms with van der Waals surface area (Å²) in [5.74, 6) is 0.522. The Labute approximate surface area is 102 Å². The molecule has 3 heteroatoms. The van der Waals surface area contributed by atoms with E-state index in [1.54, 1.807) is 0 Å². The fourth-order valence-corrected chi connectivity index (χ4v) is 2.07. The molecular weight excluding hydrogens is 212 g/mol. The van der Waals surface area contributed by atoms with E-state index in [9.17, 15) is 4.79 Å². The maximum absolute atomic E-state index is 11.9. The molecule has 2 rings (SSSR count). The van der Waals surface area contributed by atoms with Crippen LogP contribution >= 0.6 is 0 Å². The van der Waals surface area contributed by atoms with E-state index in [1.165, 1.54) is 6.42 Å². The Morgan fingerprint density at radius 1 is 1.47 bits per heavy atom. The Morgan fingerprint density at radius 2 is 2.06 bits per heavy atom. The summed E-state index contributed by atoms with van der Waals surface area (Å²) in [6.07, 6.45) is 1.19. The van der Waals surface area contributed by atoms with Crippen LogP contribution in [0.1, 0.15) is 31.9 Å². The first-order valence-electron chi connectivity index (χ1n) is 6.09. The molecule has 17 heavy (non-hydrogen) atoms. The van der Waals surface area contributed by atoms with Crippen LogP contribution in [0.2, 0.25) is 0 Å². The van der Waals surface area contributed by atoms with E-state index >= 15 is 0 Å². The topological polar surface area (TPSA) is 55.1 Å². The SMILES string of the molecule is CC1(C)CC1CNC(=O)[C@H](N)c1ccccc1. The molecule has 3 nitrogen and oxygen atoms in total. The smallest absolute Gasteiger partial charge is 0.241 e. The van der Waals surface area contributed by atoms with E-state index < -0.39 is 6.04 Å². The lowest BCUT2D eigenvalue weighted by molar-refractivity contribution is -0.122. The van der Waals surface area contributed by atoms with Crippen molar-refractivity contribution in [3.8, 4) is 0 Å². The van der Waals surface area contributed by atoms with E-state index in [-0.39, 0.29) is 5.91 Å². The second kappa shape index (κ2) is 4.49. The molecule has 1 saturated carbocycles. The second-order valence-electron chi connectivity index (χ2n) is 5.52. The Hall–Kier alpha value is -1.35. The van der Waals surface area contributed by atoms with Gasteiger partial charge in [0.05, 0.1) is 0 Å². The van der Waals surface area contributed by atoms with Gasteiger partial charge in [-0.15, -0.1) is 0 Å². The number of rotatable bonds is 4. The van der Waals surface area contributed by atoms with Gasteiger partial charge in [-0.05, 0) is 23.3 Å². The van der Waals surface area contributed by atoms with Crippen molar-refractivity contribution in [1.29, 1.82) is 0 Å². The largest absolute Gasteiger partial charge is 0.354 e. The van der Waals surface area contributed by atoms with Gasteiger partial charge in [-0.1, -0.05) is 44.2 Å². The third-order valence-electron chi connectivity index (χ3n) is 3.68. The zero-order valence-corrected chi connectivity index (χ0v) is 10.4. The van der Waals surface area contributed by atoms with Crippen molar-refractivity contribution in [3.05, 3.63) is 35.9 Å². The van der Waals surface area contributed by atoms with Gasteiger partial charge >= 0.3 is 0 Å². The van der Waals surface area contributed by atoms with Crippen molar-refractivity contribution in [2.24, 2.45) is 17.1 Å². The van der Waals surface area contributed by atoms with Gasteiger partial charge in [0.2, 0.25) is 5.91 Å². The summed E-state index contributed by atoms with van der Waals surface area (Å²) in [4.78, 5) is 11.9. The highest BCUT2D eigenvalue weighted by atomic mass is 16.2. The van der Waals surface area contributed by atoms with Crippen LogP contribution in [-0.2, 0) is 4.79 Å². The van der Waals surface area contributed by atoms with Gasteiger partial charge in [-0.2, -0.15) is 0 Å². The van der Waals surface area contributed by atoms with E-state index in [4.69, 9.17) is 5.73 Å². The minimum absolute atomic E-state index is 0.0844. The standard InChI is InChI=1S/C14H20N2O/c1-14(2)8-11(14)9-16-13(17)12(15)10-6-4-3-5-7-10/h3-7,11-12H,8-9,15H2,1-2H3,(H,16,17)/t11?,12-/m1/s1. The van der Waals surface area contributed by atoms with E-state index in [2.05, 4.69) is 19.2 Å². The van der Waals surface area contributed by atoms with Crippen LogP contribution in [0.25, 0.3) is 0 Å². The highest BCUT2D eigenvalue weighted by Crippen LogP contribution is 2.50. The molecule has 1 unspecified atom stereocenters. The van der Waals surface area contributed by atoms with E-state index in [0.717, 1.165) is 12.1 Å². The molecule has 0 radical (unpaired) electrons. The Kier molecular flexibility index (Phi) is 3.20. The lowest BCUT2D eigenvalue weighted by Crippen LogP contribution is -2.35. The average molecular weight is 232 g/mol. The molecule has 1 aliphatic carbocycles. The van der Waals surface area contributed by atoms with Crippen LogP contribution in [0.15, 0.2) is 30.3 Å². The minimum Gasteiger partial charge on any atom is -0.354 e. The molecular formula is C14H20N2O. The number of nitrogens with one attached hydrogen (secondary N) is 1. The molecule has 0 aliphatic heterocycles. The molecule has 0 spiro atoms. The number of hydrogen-bond acceptors (Lipinski definition) is 2. The predicted octanol–water partition coefficient (Wildman–Crippen LogP) is 1.85. The summed E-state index contributed by atoms with van der Waals surface area (Å²) in [7, 11) is 0. The van der Waals surface area contributed by atoms with E-state index in [0.29, 0.717) is 11.3 Å². The molecule has 2 atom stereocenters. The Balaban J connectivity index is 1.84. The van der Waals surface area contributed by atoms with Crippen molar-refractivity contribution in [3.63, 3.8) is 0 Å². The number of amides is 1. The van der Waals surface area contributed by atoms with Crippen LogP contribution < -0.4 is 11.1 Å². The number of benzene rings is 1. The van der Waals surface area contributed by atoms with Gasteiger partial charge in [-0.3, -0.25) is 4.79 Å². The Morgan fingerprint density at radius 3 is 2.59 bits per heavy atom. The van der Waals surface area contributed by atoms with Crippen molar-refractivity contribution in [1.82, 2.24) is 5.32 Å². The molecule has 92 valence electrons. The van der Waals surface area contributed by atoms with Crippen LogP contribution in [0.5, 0.6) is 0 Å². The van der Waals surface area contributed by atoms with Gasteiger partial charge in [0, 0.05) is 6.54 Å². The van der Waals surface area contributed by atoms with Crippen molar-refractivity contribution in [2.45, 2.75) is 26.3 Å². The summed E-state index contributed by atoms with van der Waals surface area (Å²) in [6, 6.07) is 8.91. The summed E-state index contributed by atoms with van der Waals surface area (Å²) in [6.45, 7) is 5.19. The molecule has 3 N–H and O–H groups in total. The van der Waals surface area contributed by atoms with Gasteiger partial charge < -0.3 is 11.1 Å². The van der Waals surface area contributed by atoms with Crippen molar-refractivity contribution >= 4 is 5.91 Å². The number of carbonyl (C=O) groups excluding carboxylic acids is 1. The van der Waals surface area contributed by atoms with Gasteiger partial charge in [0.25, 0.3) is 0 Å². The molecule has 1 amide bonds. The number of carbonyl (C=O) groups is 1. The zero-order chi connectivity index (χ0) is 12.5. The van der Waals surface area contributed by atoms with Gasteiger partial charge in [-0.25, -0.2) is 0 Å². The normalized spacial score (nSPS) is 22.9. The average Bonchev–Trinajstić information content (AvgIpc) is 2.94. The maximum Gasteiger partial charge on any atom is 0.241 e. The quantitative estimate of drug-likeness (QED) is 0.832. The lowest BCUT2D eigenvalue weighted by Gasteiger charge is -2.13. The van der Waals surface area contributed by atoms with E-state index in [1.807, 2.05) is 30.3 Å². The summed E-state index contributed by atoms with van der Waals surface area (Å²) in [5, 5.41) is 2.93. The first-order valence-corrected chi connectivity index (χ1v) is 6.09.